The maximum absolute atomic E-state index is 11.5. The molecule has 104 valence electrons. The summed E-state index contributed by atoms with van der Waals surface area (Å²) < 4.78 is 4.75. The van der Waals surface area contributed by atoms with E-state index in [-0.39, 0.29) is 12.6 Å². The first-order valence-electron chi connectivity index (χ1n) is 6.85. The van der Waals surface area contributed by atoms with Gasteiger partial charge >= 0.3 is 5.97 Å². The fourth-order valence-corrected chi connectivity index (χ4v) is 2.55. The molecule has 0 radical (unpaired) electrons. The summed E-state index contributed by atoms with van der Waals surface area (Å²) in [6.45, 7) is 3.53. The highest BCUT2D eigenvalue weighted by molar-refractivity contribution is 5.88. The largest absolute Gasteiger partial charge is 0.466 e. The molecular formula is C14H25NO3. The molecule has 0 amide bonds. The Balaban J connectivity index is 2.58. The van der Waals surface area contributed by atoms with E-state index in [1.165, 1.54) is 32.8 Å². The highest BCUT2D eigenvalue weighted by Crippen LogP contribution is 2.23. The van der Waals surface area contributed by atoms with Gasteiger partial charge in [-0.2, -0.15) is 0 Å². The number of methoxy groups -OCH3 is 1. The van der Waals surface area contributed by atoms with Gasteiger partial charge in [0.15, 0.2) is 0 Å². The predicted octanol–water partition coefficient (Wildman–Crippen LogP) is 1.73. The minimum atomic E-state index is -0.243. The smallest absolute Gasteiger partial charge is 0.333 e. The molecule has 0 aromatic rings. The molecule has 4 heteroatoms. The monoisotopic (exact) mass is 255 g/mol. The lowest BCUT2D eigenvalue weighted by atomic mass is 10.1. The molecule has 1 saturated carbocycles. The topological polar surface area (TPSA) is 49.8 Å². The molecule has 1 N–H and O–H groups in total. The number of hydrogen-bond acceptors (Lipinski definition) is 4. The van der Waals surface area contributed by atoms with Crippen molar-refractivity contribution in [3.8, 4) is 0 Å². The maximum atomic E-state index is 11.5. The van der Waals surface area contributed by atoms with Gasteiger partial charge in [-0.25, -0.2) is 4.79 Å². The first-order chi connectivity index (χ1) is 8.72. The van der Waals surface area contributed by atoms with Crippen molar-refractivity contribution in [2.75, 3.05) is 26.8 Å². The highest BCUT2D eigenvalue weighted by atomic mass is 16.5. The Morgan fingerprint density at radius 1 is 1.44 bits per heavy atom. The SMILES string of the molecule is CCC(=CCN(CCO)C1CCCC1)C(=O)OC. The van der Waals surface area contributed by atoms with Gasteiger partial charge in [-0.15, -0.1) is 0 Å². The second-order valence-electron chi connectivity index (χ2n) is 4.73. The van der Waals surface area contributed by atoms with Gasteiger partial charge in [0.2, 0.25) is 0 Å². The quantitative estimate of drug-likeness (QED) is 0.556. The molecule has 1 rings (SSSR count). The zero-order valence-corrected chi connectivity index (χ0v) is 11.5. The van der Waals surface area contributed by atoms with E-state index >= 15 is 0 Å². The van der Waals surface area contributed by atoms with E-state index in [1.54, 1.807) is 0 Å². The van der Waals surface area contributed by atoms with Crippen molar-refractivity contribution in [3.63, 3.8) is 0 Å². The normalized spacial score (nSPS) is 17.4. The minimum Gasteiger partial charge on any atom is -0.466 e. The molecule has 0 saturated heterocycles. The Hall–Kier alpha value is -0.870. The number of ether oxygens (including phenoxy) is 1. The third-order valence-corrected chi connectivity index (χ3v) is 3.63. The van der Waals surface area contributed by atoms with Crippen LogP contribution in [0, 0.1) is 0 Å². The van der Waals surface area contributed by atoms with Crippen LogP contribution in [0.2, 0.25) is 0 Å². The summed E-state index contributed by atoms with van der Waals surface area (Å²) in [7, 11) is 1.41. The summed E-state index contributed by atoms with van der Waals surface area (Å²) in [5.74, 6) is -0.243. The van der Waals surface area contributed by atoms with Crippen LogP contribution in [0.4, 0.5) is 0 Å². The number of carbonyl (C=O) groups is 1. The van der Waals surface area contributed by atoms with Crippen molar-refractivity contribution in [1.29, 1.82) is 0 Å². The summed E-state index contributed by atoms with van der Waals surface area (Å²) in [6.07, 6.45) is 7.58. The van der Waals surface area contributed by atoms with Gasteiger partial charge < -0.3 is 9.84 Å². The molecular weight excluding hydrogens is 230 g/mol. The van der Waals surface area contributed by atoms with Crippen LogP contribution < -0.4 is 0 Å². The van der Waals surface area contributed by atoms with Crippen LogP contribution in [0.5, 0.6) is 0 Å². The van der Waals surface area contributed by atoms with E-state index in [1.807, 2.05) is 13.0 Å². The van der Waals surface area contributed by atoms with Crippen LogP contribution in [-0.4, -0.2) is 48.8 Å². The van der Waals surface area contributed by atoms with Gasteiger partial charge in [-0.05, 0) is 19.3 Å². The van der Waals surface area contributed by atoms with Crippen LogP contribution in [0.15, 0.2) is 11.6 Å². The standard InChI is InChI=1S/C14H25NO3/c1-3-12(14(17)18-2)8-9-15(10-11-16)13-6-4-5-7-13/h8,13,16H,3-7,9-11H2,1-2H3. The van der Waals surface area contributed by atoms with Crippen LogP contribution in [0.3, 0.4) is 0 Å². The maximum Gasteiger partial charge on any atom is 0.333 e. The Bertz CT molecular complexity index is 283. The second kappa shape index (κ2) is 8.27. The average molecular weight is 255 g/mol. The van der Waals surface area contributed by atoms with Gasteiger partial charge in [0, 0.05) is 24.7 Å². The minimum absolute atomic E-state index is 0.171. The zero-order chi connectivity index (χ0) is 13.4. The van der Waals surface area contributed by atoms with Crippen LogP contribution in [0.25, 0.3) is 0 Å². The lowest BCUT2D eigenvalue weighted by Crippen LogP contribution is -2.36. The first-order valence-corrected chi connectivity index (χ1v) is 6.85. The number of carbonyl (C=O) groups excluding carboxylic acids is 1. The van der Waals surface area contributed by atoms with E-state index in [2.05, 4.69) is 4.90 Å². The van der Waals surface area contributed by atoms with Gasteiger partial charge in [0.1, 0.15) is 0 Å². The van der Waals surface area contributed by atoms with E-state index < -0.39 is 0 Å². The third-order valence-electron chi connectivity index (χ3n) is 3.63. The number of aliphatic hydroxyl groups excluding tert-OH is 1. The van der Waals surface area contributed by atoms with Gasteiger partial charge in [0.05, 0.1) is 13.7 Å². The Labute approximate surface area is 110 Å². The van der Waals surface area contributed by atoms with Crippen LogP contribution >= 0.6 is 0 Å². The Morgan fingerprint density at radius 2 is 2.11 bits per heavy atom. The molecule has 1 fully saturated rings. The molecule has 0 aliphatic heterocycles. The number of esters is 1. The lowest BCUT2D eigenvalue weighted by molar-refractivity contribution is -0.136. The molecule has 0 unspecified atom stereocenters. The molecule has 0 aromatic heterocycles. The highest BCUT2D eigenvalue weighted by Gasteiger charge is 2.21. The van der Waals surface area contributed by atoms with Gasteiger partial charge in [-0.3, -0.25) is 4.90 Å². The van der Waals surface area contributed by atoms with Crippen molar-refractivity contribution in [3.05, 3.63) is 11.6 Å². The van der Waals surface area contributed by atoms with E-state index in [9.17, 15) is 4.79 Å². The van der Waals surface area contributed by atoms with Crippen molar-refractivity contribution in [2.45, 2.75) is 45.1 Å². The molecule has 0 bridgehead atoms. The Kier molecular flexibility index (Phi) is 6.98. The second-order valence-corrected chi connectivity index (χ2v) is 4.73. The van der Waals surface area contributed by atoms with Crippen molar-refractivity contribution >= 4 is 5.97 Å². The summed E-state index contributed by atoms with van der Waals surface area (Å²) in [4.78, 5) is 13.7. The molecule has 18 heavy (non-hydrogen) atoms. The molecule has 4 nitrogen and oxygen atoms in total. The summed E-state index contributed by atoms with van der Waals surface area (Å²) in [5, 5.41) is 9.12. The molecule has 1 aliphatic rings. The van der Waals surface area contributed by atoms with Crippen molar-refractivity contribution < 1.29 is 14.6 Å². The fraction of sp³-hybridized carbons (Fsp3) is 0.786. The average Bonchev–Trinajstić information content (AvgIpc) is 2.91. The number of hydrogen-bond donors (Lipinski definition) is 1. The molecule has 0 heterocycles. The third kappa shape index (κ3) is 4.42. The fourth-order valence-electron chi connectivity index (χ4n) is 2.55. The summed E-state index contributed by atoms with van der Waals surface area (Å²) >= 11 is 0. The predicted molar refractivity (Wildman–Crippen MR) is 71.3 cm³/mol. The Morgan fingerprint density at radius 3 is 2.61 bits per heavy atom. The van der Waals surface area contributed by atoms with Crippen LogP contribution in [0.1, 0.15) is 39.0 Å². The van der Waals surface area contributed by atoms with E-state index in [4.69, 9.17) is 9.84 Å². The lowest BCUT2D eigenvalue weighted by Gasteiger charge is -2.27. The number of aliphatic hydroxyl groups is 1. The van der Waals surface area contributed by atoms with Crippen molar-refractivity contribution in [1.82, 2.24) is 4.90 Å². The van der Waals surface area contributed by atoms with E-state index in [0.717, 1.165) is 12.1 Å². The zero-order valence-electron chi connectivity index (χ0n) is 11.5. The van der Waals surface area contributed by atoms with Gasteiger partial charge in [0.25, 0.3) is 0 Å². The molecule has 0 aromatic carbocycles. The number of nitrogens with zero attached hydrogens (tertiary/aromatic N) is 1. The van der Waals surface area contributed by atoms with Crippen molar-refractivity contribution in [2.24, 2.45) is 0 Å². The van der Waals surface area contributed by atoms with E-state index in [0.29, 0.717) is 19.0 Å². The van der Waals surface area contributed by atoms with Gasteiger partial charge in [-0.1, -0.05) is 25.8 Å². The first kappa shape index (κ1) is 15.2. The summed E-state index contributed by atoms with van der Waals surface area (Å²) in [6, 6.07) is 0.559. The molecule has 0 spiro atoms. The van der Waals surface area contributed by atoms with Crippen LogP contribution in [-0.2, 0) is 9.53 Å². The molecule has 1 aliphatic carbocycles. The molecule has 0 atom stereocenters. The summed E-state index contributed by atoms with van der Waals surface area (Å²) in [5.41, 5.74) is 0.721. The number of rotatable bonds is 7.